The molecule has 0 aromatic heterocycles. The van der Waals surface area contributed by atoms with Crippen molar-refractivity contribution >= 4 is 23.2 Å². The second kappa shape index (κ2) is 14.3. The fourth-order valence-corrected chi connectivity index (χ4v) is 4.96. The third-order valence-corrected chi connectivity index (χ3v) is 7.22. The number of benzene rings is 2. The summed E-state index contributed by atoms with van der Waals surface area (Å²) in [6.07, 6.45) is 5.61. The van der Waals surface area contributed by atoms with Crippen molar-refractivity contribution in [2.45, 2.75) is 90.3 Å². The molecular weight excluding hydrogens is 476 g/mol. The highest BCUT2D eigenvalue weighted by Gasteiger charge is 2.27. The zero-order valence-corrected chi connectivity index (χ0v) is 23.6. The van der Waals surface area contributed by atoms with E-state index in [-0.39, 0.29) is 17.4 Å². The maximum atomic E-state index is 13.6. The number of anilines is 2. The zero-order chi connectivity index (χ0) is 27.5. The number of hydrogen-bond donors (Lipinski definition) is 4. The lowest BCUT2D eigenvalue weighted by atomic mass is 9.95. The Morgan fingerprint density at radius 2 is 1.87 bits per heavy atom. The van der Waals surface area contributed by atoms with E-state index in [0.717, 1.165) is 36.2 Å². The van der Waals surface area contributed by atoms with Gasteiger partial charge in [0.05, 0.1) is 12.1 Å². The van der Waals surface area contributed by atoms with Gasteiger partial charge in [0.25, 0.3) is 5.91 Å². The Morgan fingerprint density at radius 1 is 1.11 bits per heavy atom. The summed E-state index contributed by atoms with van der Waals surface area (Å²) in [4.78, 5) is 27.7. The van der Waals surface area contributed by atoms with Crippen LogP contribution in [0.5, 0.6) is 0 Å². The number of carbonyl (C=O) groups is 2. The van der Waals surface area contributed by atoms with E-state index in [0.29, 0.717) is 38.0 Å². The highest BCUT2D eigenvalue weighted by molar-refractivity contribution is 6.00. The Labute approximate surface area is 228 Å². The maximum absolute atomic E-state index is 13.6. The van der Waals surface area contributed by atoms with Gasteiger partial charge in [-0.05, 0) is 63.8 Å². The Bertz CT molecular complexity index is 1040. The van der Waals surface area contributed by atoms with E-state index < -0.39 is 12.1 Å². The SMILES string of the molecule is CCCCCC(C)(C)NC[C@H](O)[C@H](Cc1ccccc1)NC(=O)c1cc(NCC)cc(N2CCCC2=O)c1. The summed E-state index contributed by atoms with van der Waals surface area (Å²) in [6.45, 7) is 10.2. The van der Waals surface area contributed by atoms with Crippen LogP contribution in [0.3, 0.4) is 0 Å². The van der Waals surface area contributed by atoms with Gasteiger partial charge in [-0.3, -0.25) is 9.59 Å². The number of aliphatic hydroxyl groups excluding tert-OH is 1. The van der Waals surface area contributed by atoms with Gasteiger partial charge in [-0.1, -0.05) is 56.5 Å². The molecule has 0 radical (unpaired) electrons. The molecule has 1 aliphatic heterocycles. The largest absolute Gasteiger partial charge is 0.390 e. The highest BCUT2D eigenvalue weighted by atomic mass is 16.3. The van der Waals surface area contributed by atoms with Crippen molar-refractivity contribution in [2.75, 3.05) is 29.9 Å². The molecule has 1 fully saturated rings. The van der Waals surface area contributed by atoms with Gasteiger partial charge < -0.3 is 26.0 Å². The molecule has 38 heavy (non-hydrogen) atoms. The first-order valence-corrected chi connectivity index (χ1v) is 14.2. The van der Waals surface area contributed by atoms with Crippen molar-refractivity contribution in [3.05, 3.63) is 59.7 Å². The lowest BCUT2D eigenvalue weighted by Gasteiger charge is -2.31. The van der Waals surface area contributed by atoms with Crippen molar-refractivity contribution in [3.63, 3.8) is 0 Å². The molecule has 2 aromatic rings. The van der Waals surface area contributed by atoms with E-state index in [2.05, 4.69) is 36.7 Å². The molecule has 208 valence electrons. The van der Waals surface area contributed by atoms with Crippen LogP contribution >= 0.6 is 0 Å². The van der Waals surface area contributed by atoms with E-state index in [1.165, 1.54) is 12.8 Å². The summed E-state index contributed by atoms with van der Waals surface area (Å²) in [5.74, 6) is -0.185. The summed E-state index contributed by atoms with van der Waals surface area (Å²) in [5.41, 5.74) is 2.94. The minimum absolute atomic E-state index is 0.0787. The van der Waals surface area contributed by atoms with Gasteiger partial charge in [-0.15, -0.1) is 0 Å². The number of rotatable bonds is 15. The first-order valence-electron chi connectivity index (χ1n) is 14.2. The van der Waals surface area contributed by atoms with Crippen LogP contribution in [0.1, 0.15) is 82.1 Å². The van der Waals surface area contributed by atoms with Crippen LogP contribution in [0.4, 0.5) is 11.4 Å². The average Bonchev–Trinajstić information content (AvgIpc) is 3.33. The average molecular weight is 523 g/mol. The molecule has 4 N–H and O–H groups in total. The van der Waals surface area contributed by atoms with E-state index >= 15 is 0 Å². The van der Waals surface area contributed by atoms with E-state index in [4.69, 9.17) is 0 Å². The number of hydrogen-bond acceptors (Lipinski definition) is 5. The molecule has 2 aromatic carbocycles. The highest BCUT2D eigenvalue weighted by Crippen LogP contribution is 2.27. The summed E-state index contributed by atoms with van der Waals surface area (Å²) < 4.78 is 0. The number of amides is 2. The second-order valence-corrected chi connectivity index (χ2v) is 11.0. The third kappa shape index (κ3) is 8.84. The molecule has 1 aliphatic rings. The minimum Gasteiger partial charge on any atom is -0.390 e. The third-order valence-electron chi connectivity index (χ3n) is 7.22. The lowest BCUT2D eigenvalue weighted by molar-refractivity contribution is -0.117. The van der Waals surface area contributed by atoms with Gasteiger partial charge >= 0.3 is 0 Å². The molecule has 0 aliphatic carbocycles. The van der Waals surface area contributed by atoms with Crippen LogP contribution in [-0.4, -0.2) is 54.2 Å². The fourth-order valence-electron chi connectivity index (χ4n) is 4.96. The van der Waals surface area contributed by atoms with Gasteiger partial charge in [0.15, 0.2) is 0 Å². The van der Waals surface area contributed by atoms with Crippen LogP contribution in [-0.2, 0) is 11.2 Å². The monoisotopic (exact) mass is 522 g/mol. The first-order chi connectivity index (χ1) is 18.2. The van der Waals surface area contributed by atoms with Gasteiger partial charge in [0, 0.05) is 48.5 Å². The van der Waals surface area contributed by atoms with Crippen molar-refractivity contribution in [3.8, 4) is 0 Å². The van der Waals surface area contributed by atoms with Crippen LogP contribution in [0.2, 0.25) is 0 Å². The standard InChI is InChI=1S/C31H46N4O3/c1-5-7-11-16-31(3,4)33-22-28(36)27(18-23-13-9-8-10-14-23)34-30(38)24-19-25(32-6-2)21-26(20-24)35-17-12-15-29(35)37/h8-10,13-14,19-21,27-28,32-33,36H,5-7,11-12,15-18,22H2,1-4H3,(H,34,38)/t27-,28-/m0/s1. The molecule has 0 unspecified atom stereocenters. The van der Waals surface area contributed by atoms with Crippen molar-refractivity contribution in [1.82, 2.24) is 10.6 Å². The molecule has 1 saturated heterocycles. The summed E-state index contributed by atoms with van der Waals surface area (Å²) in [5, 5.41) is 21.2. The Balaban J connectivity index is 1.78. The van der Waals surface area contributed by atoms with Gasteiger partial charge in [-0.2, -0.15) is 0 Å². The summed E-state index contributed by atoms with van der Waals surface area (Å²) in [6, 6.07) is 14.9. The molecule has 1 heterocycles. The van der Waals surface area contributed by atoms with Crippen LogP contribution in [0, 0.1) is 0 Å². The number of unbranched alkanes of at least 4 members (excludes halogenated alkanes) is 2. The van der Waals surface area contributed by atoms with E-state index in [1.54, 1.807) is 11.0 Å². The number of nitrogens with one attached hydrogen (secondary N) is 3. The van der Waals surface area contributed by atoms with Crippen molar-refractivity contribution in [1.29, 1.82) is 0 Å². The first kappa shape index (κ1) is 29.7. The van der Waals surface area contributed by atoms with Gasteiger partial charge in [-0.25, -0.2) is 0 Å². The van der Waals surface area contributed by atoms with Crippen molar-refractivity contribution < 1.29 is 14.7 Å². The maximum Gasteiger partial charge on any atom is 0.251 e. The fraction of sp³-hybridized carbons (Fsp3) is 0.548. The topological polar surface area (TPSA) is 93.7 Å². The molecule has 2 atom stereocenters. The quantitative estimate of drug-likeness (QED) is 0.250. The summed E-state index contributed by atoms with van der Waals surface area (Å²) in [7, 11) is 0. The molecule has 3 rings (SSSR count). The zero-order valence-electron chi connectivity index (χ0n) is 23.6. The van der Waals surface area contributed by atoms with Crippen LogP contribution in [0.25, 0.3) is 0 Å². The van der Waals surface area contributed by atoms with Crippen molar-refractivity contribution in [2.24, 2.45) is 0 Å². The molecule has 2 amide bonds. The molecule has 0 spiro atoms. The van der Waals surface area contributed by atoms with Crippen LogP contribution < -0.4 is 20.9 Å². The predicted octanol–water partition coefficient (Wildman–Crippen LogP) is 4.90. The molecule has 0 bridgehead atoms. The summed E-state index contributed by atoms with van der Waals surface area (Å²) >= 11 is 0. The molecular formula is C31H46N4O3. The Kier molecular flexibility index (Phi) is 11.2. The normalized spacial score (nSPS) is 15.4. The van der Waals surface area contributed by atoms with Gasteiger partial charge in [0.1, 0.15) is 0 Å². The second-order valence-electron chi connectivity index (χ2n) is 11.0. The predicted molar refractivity (Wildman–Crippen MR) is 156 cm³/mol. The Hall–Kier alpha value is -2.90. The van der Waals surface area contributed by atoms with Crippen LogP contribution in [0.15, 0.2) is 48.5 Å². The molecule has 7 heteroatoms. The Morgan fingerprint density at radius 3 is 2.53 bits per heavy atom. The van der Waals surface area contributed by atoms with E-state index in [1.807, 2.05) is 49.4 Å². The smallest absolute Gasteiger partial charge is 0.251 e. The molecule has 7 nitrogen and oxygen atoms in total. The van der Waals surface area contributed by atoms with Gasteiger partial charge in [0.2, 0.25) is 5.91 Å². The number of carbonyl (C=O) groups excluding carboxylic acids is 2. The number of β-amino-alcohol motifs (C(OH)–C–C–N with tert-alkyl or cyclic N) is 1. The number of aliphatic hydroxyl groups is 1. The molecule has 0 saturated carbocycles. The van der Waals surface area contributed by atoms with E-state index in [9.17, 15) is 14.7 Å². The lowest BCUT2D eigenvalue weighted by Crippen LogP contribution is -2.52. The minimum atomic E-state index is -0.777. The number of nitrogens with zero attached hydrogens (tertiary/aromatic N) is 1.